The van der Waals surface area contributed by atoms with Crippen LogP contribution < -0.4 is 5.32 Å². The molecule has 0 aliphatic carbocycles. The average Bonchev–Trinajstić information content (AvgIpc) is 2.99. The third kappa shape index (κ3) is 2.68. The van der Waals surface area contributed by atoms with Crippen molar-refractivity contribution in [2.24, 2.45) is 0 Å². The van der Waals surface area contributed by atoms with Gasteiger partial charge in [0.05, 0.1) is 6.04 Å². The third-order valence-electron chi connectivity index (χ3n) is 5.40. The number of rotatable bonds is 2. The molecule has 0 saturated carbocycles. The molecule has 1 aromatic carbocycles. The fraction of sp³-hybridized carbons (Fsp3) is 0.556. The van der Waals surface area contributed by atoms with Gasteiger partial charge in [0.1, 0.15) is 0 Å². The maximum absolute atomic E-state index is 13.0. The Morgan fingerprint density at radius 1 is 0.957 bits per heavy atom. The van der Waals surface area contributed by atoms with Crippen LogP contribution in [-0.2, 0) is 22.7 Å². The normalized spacial score (nSPS) is 26.6. The van der Waals surface area contributed by atoms with Crippen molar-refractivity contribution in [1.82, 2.24) is 15.1 Å². The number of nitrogens with one attached hydrogen (secondary N) is 1. The zero-order chi connectivity index (χ0) is 15.8. The number of imide groups is 1. The van der Waals surface area contributed by atoms with Crippen LogP contribution in [0.3, 0.4) is 0 Å². The van der Waals surface area contributed by atoms with Crippen molar-refractivity contribution in [2.75, 3.05) is 13.1 Å². The molecule has 3 aliphatic rings. The first-order valence-corrected chi connectivity index (χ1v) is 8.61. The summed E-state index contributed by atoms with van der Waals surface area (Å²) < 4.78 is 0. The molecule has 4 rings (SSSR count). The van der Waals surface area contributed by atoms with Gasteiger partial charge in [-0.1, -0.05) is 24.3 Å². The molecule has 2 fully saturated rings. The van der Waals surface area contributed by atoms with Crippen LogP contribution in [-0.4, -0.2) is 46.8 Å². The van der Waals surface area contributed by atoms with Crippen molar-refractivity contribution in [2.45, 2.75) is 50.9 Å². The number of hydrogen-bond donors (Lipinski definition) is 1. The summed E-state index contributed by atoms with van der Waals surface area (Å²) in [5.74, 6) is 0.0517. The van der Waals surface area contributed by atoms with Gasteiger partial charge in [-0.25, -0.2) is 0 Å². The number of amides is 2. The van der Waals surface area contributed by atoms with Crippen LogP contribution >= 0.6 is 0 Å². The molecular weight excluding hydrogens is 290 g/mol. The van der Waals surface area contributed by atoms with E-state index in [2.05, 4.69) is 34.5 Å². The van der Waals surface area contributed by atoms with E-state index in [1.54, 1.807) is 4.90 Å². The van der Waals surface area contributed by atoms with Gasteiger partial charge in [0.25, 0.3) is 0 Å². The Kier molecular flexibility index (Phi) is 3.91. The number of fused-ring (bicyclic) bond motifs is 1. The largest absolute Gasteiger partial charge is 0.317 e. The molecule has 2 amide bonds. The van der Waals surface area contributed by atoms with E-state index in [4.69, 9.17) is 0 Å². The molecule has 5 heteroatoms. The van der Waals surface area contributed by atoms with Crippen LogP contribution in [0.25, 0.3) is 0 Å². The second-order valence-corrected chi connectivity index (χ2v) is 6.81. The van der Waals surface area contributed by atoms with Gasteiger partial charge in [0, 0.05) is 25.6 Å². The van der Waals surface area contributed by atoms with Crippen molar-refractivity contribution in [1.29, 1.82) is 0 Å². The summed E-state index contributed by atoms with van der Waals surface area (Å²) in [7, 11) is 0. The molecule has 1 unspecified atom stereocenters. The lowest BCUT2D eigenvalue weighted by Crippen LogP contribution is -2.58. The van der Waals surface area contributed by atoms with E-state index in [0.29, 0.717) is 12.8 Å². The van der Waals surface area contributed by atoms with Gasteiger partial charge in [0.2, 0.25) is 11.8 Å². The Morgan fingerprint density at radius 2 is 1.61 bits per heavy atom. The Hall–Kier alpha value is -1.72. The van der Waals surface area contributed by atoms with Crippen LogP contribution in [0, 0.1) is 0 Å². The number of benzene rings is 1. The second kappa shape index (κ2) is 6.06. The molecule has 122 valence electrons. The highest BCUT2D eigenvalue weighted by Crippen LogP contribution is 2.30. The number of piperidine rings is 2. The van der Waals surface area contributed by atoms with E-state index in [0.717, 1.165) is 39.0 Å². The van der Waals surface area contributed by atoms with E-state index in [1.165, 1.54) is 11.1 Å². The number of nitrogens with zero attached hydrogens (tertiary/aromatic N) is 2. The predicted molar refractivity (Wildman–Crippen MR) is 86.5 cm³/mol. The smallest absolute Gasteiger partial charge is 0.246 e. The minimum Gasteiger partial charge on any atom is -0.317 e. The molecule has 23 heavy (non-hydrogen) atoms. The number of carbonyl (C=O) groups excluding carboxylic acids is 2. The Bertz CT molecular complexity index is 599. The molecule has 0 spiro atoms. The Labute approximate surface area is 136 Å². The molecular formula is C18H23N3O2. The highest BCUT2D eigenvalue weighted by atomic mass is 16.2. The molecule has 0 bridgehead atoms. The number of likely N-dealkylation sites (tertiary alicyclic amines) is 1. The average molecular weight is 313 g/mol. The highest BCUT2D eigenvalue weighted by molar-refractivity contribution is 6.00. The van der Waals surface area contributed by atoms with Crippen molar-refractivity contribution in [3.63, 3.8) is 0 Å². The van der Waals surface area contributed by atoms with Crippen LogP contribution in [0.15, 0.2) is 24.3 Å². The zero-order valence-electron chi connectivity index (χ0n) is 13.3. The van der Waals surface area contributed by atoms with Crippen molar-refractivity contribution < 1.29 is 9.59 Å². The lowest BCUT2D eigenvalue weighted by atomic mass is 9.96. The summed E-state index contributed by atoms with van der Waals surface area (Å²) in [5.41, 5.74) is 2.62. The van der Waals surface area contributed by atoms with E-state index in [-0.39, 0.29) is 23.9 Å². The molecule has 1 atom stereocenters. The standard InChI is InChI=1S/C18H23N3O2/c22-17-6-5-16(18(23)21(17)15-7-9-19-10-8-15)20-11-13-3-1-2-4-14(13)12-20/h1-4,15-16,19H,5-12H2. The van der Waals surface area contributed by atoms with Gasteiger partial charge in [-0.2, -0.15) is 0 Å². The summed E-state index contributed by atoms with van der Waals surface area (Å²) >= 11 is 0. The van der Waals surface area contributed by atoms with Crippen LogP contribution in [0.1, 0.15) is 36.8 Å². The first-order chi connectivity index (χ1) is 11.2. The minimum atomic E-state index is -0.144. The molecule has 1 aromatic rings. The number of carbonyl (C=O) groups is 2. The van der Waals surface area contributed by atoms with Gasteiger partial charge >= 0.3 is 0 Å². The second-order valence-electron chi connectivity index (χ2n) is 6.81. The van der Waals surface area contributed by atoms with Crippen molar-refractivity contribution in [3.05, 3.63) is 35.4 Å². The first-order valence-electron chi connectivity index (χ1n) is 8.61. The topological polar surface area (TPSA) is 52.7 Å². The molecule has 3 aliphatic heterocycles. The molecule has 0 radical (unpaired) electrons. The summed E-state index contributed by atoms with van der Waals surface area (Å²) in [6.45, 7) is 3.42. The van der Waals surface area contributed by atoms with Gasteiger partial charge in [-0.3, -0.25) is 19.4 Å². The van der Waals surface area contributed by atoms with Gasteiger partial charge < -0.3 is 5.32 Å². The quantitative estimate of drug-likeness (QED) is 0.836. The Balaban J connectivity index is 1.52. The lowest BCUT2D eigenvalue weighted by Gasteiger charge is -2.40. The molecule has 0 aromatic heterocycles. The first kappa shape index (κ1) is 14.8. The lowest BCUT2D eigenvalue weighted by molar-refractivity contribution is -0.156. The van der Waals surface area contributed by atoms with E-state index in [1.807, 2.05) is 0 Å². The maximum Gasteiger partial charge on any atom is 0.246 e. The summed E-state index contributed by atoms with van der Waals surface area (Å²) in [6.07, 6.45) is 2.91. The van der Waals surface area contributed by atoms with Gasteiger partial charge in [-0.15, -0.1) is 0 Å². The van der Waals surface area contributed by atoms with Gasteiger partial charge in [0.15, 0.2) is 0 Å². The van der Waals surface area contributed by atoms with Gasteiger partial charge in [-0.05, 0) is 43.5 Å². The molecule has 5 nitrogen and oxygen atoms in total. The predicted octanol–water partition coefficient (Wildman–Crippen LogP) is 1.27. The fourth-order valence-corrected chi connectivity index (χ4v) is 4.15. The third-order valence-corrected chi connectivity index (χ3v) is 5.40. The monoisotopic (exact) mass is 313 g/mol. The molecule has 2 saturated heterocycles. The fourth-order valence-electron chi connectivity index (χ4n) is 4.15. The molecule has 1 N–H and O–H groups in total. The van der Waals surface area contributed by atoms with Crippen molar-refractivity contribution in [3.8, 4) is 0 Å². The molecule has 3 heterocycles. The van der Waals surface area contributed by atoms with E-state index >= 15 is 0 Å². The summed E-state index contributed by atoms with van der Waals surface area (Å²) in [4.78, 5) is 29.2. The van der Waals surface area contributed by atoms with E-state index < -0.39 is 0 Å². The van der Waals surface area contributed by atoms with Crippen LogP contribution in [0.2, 0.25) is 0 Å². The van der Waals surface area contributed by atoms with E-state index in [9.17, 15) is 9.59 Å². The zero-order valence-corrected chi connectivity index (χ0v) is 13.3. The van der Waals surface area contributed by atoms with Crippen LogP contribution in [0.4, 0.5) is 0 Å². The maximum atomic E-state index is 13.0. The SMILES string of the molecule is O=C1CCC(N2Cc3ccccc3C2)C(=O)N1C1CCNCC1. The Morgan fingerprint density at radius 3 is 2.26 bits per heavy atom. The summed E-state index contributed by atoms with van der Waals surface area (Å²) in [5, 5.41) is 3.30. The highest BCUT2D eigenvalue weighted by Gasteiger charge is 2.42. The van der Waals surface area contributed by atoms with Crippen molar-refractivity contribution >= 4 is 11.8 Å². The van der Waals surface area contributed by atoms with Crippen LogP contribution in [0.5, 0.6) is 0 Å². The minimum absolute atomic E-state index is 0.0230. The summed E-state index contributed by atoms with van der Waals surface area (Å²) in [6, 6.07) is 8.32. The number of hydrogen-bond acceptors (Lipinski definition) is 4.